The van der Waals surface area contributed by atoms with Crippen LogP contribution in [0.2, 0.25) is 0 Å². The van der Waals surface area contributed by atoms with Crippen molar-refractivity contribution < 1.29 is 52.4 Å². The zero-order chi connectivity index (χ0) is 56.2. The number of aliphatic imine (C=N–C) groups is 1. The van der Waals surface area contributed by atoms with Crippen molar-refractivity contribution in [2.75, 3.05) is 137 Å². The summed E-state index contributed by atoms with van der Waals surface area (Å²) >= 11 is 0. The van der Waals surface area contributed by atoms with Crippen molar-refractivity contribution >= 4 is 46.4 Å². The Morgan fingerprint density at radius 3 is 1.95 bits per heavy atom. The standard InChI is InChI=1S/C60H89N7O11/c1-9-45(8)63-48-16-18-50-46(39-48)38-47-40-49(65(10-2)11-3)17-19-51(47)58(50)52-14-12-13-15-53(52)60(72)67-26-24-66(25-27-67)57(70)21-20-54(64-56(69)42-78-37-35-76-32-30-73-28-22-61-44(6)7)59(71)62-23-29-74-31-33-75-34-36-77-41-55(68)43(4)5/h12-19,39-40,43-45,54,61H,9-11,20-38,41-42H2,1-8H3,(H,62,71)(H,64,69)/b63-48+/t45?,54-/m0/s1. The van der Waals surface area contributed by atoms with Crippen molar-refractivity contribution in [2.45, 2.75) is 99.2 Å². The van der Waals surface area contributed by atoms with Crippen LogP contribution in [0.4, 0.5) is 5.69 Å². The molecule has 4 amide bonds. The van der Waals surface area contributed by atoms with Gasteiger partial charge in [-0.25, -0.2) is 0 Å². The molecular weight excluding hydrogens is 995 g/mol. The van der Waals surface area contributed by atoms with E-state index in [4.69, 9.17) is 33.4 Å². The number of anilines is 1. The minimum absolute atomic E-state index is 0.0118. The molecule has 1 fully saturated rings. The number of piperazine rings is 1. The molecule has 1 saturated heterocycles. The van der Waals surface area contributed by atoms with Crippen LogP contribution in [0.5, 0.6) is 0 Å². The van der Waals surface area contributed by atoms with Gasteiger partial charge in [0.2, 0.25) is 17.7 Å². The molecule has 430 valence electrons. The molecule has 2 aromatic carbocycles. The number of allylic oxidation sites excluding steroid dienone is 5. The molecule has 0 saturated carbocycles. The minimum Gasteiger partial charge on any atom is -0.378 e. The molecule has 1 aliphatic heterocycles. The third kappa shape index (κ3) is 20.6. The van der Waals surface area contributed by atoms with Gasteiger partial charge in [-0.2, -0.15) is 0 Å². The summed E-state index contributed by atoms with van der Waals surface area (Å²) in [6.07, 6.45) is 8.18. The van der Waals surface area contributed by atoms with E-state index in [1.54, 1.807) is 4.90 Å². The lowest BCUT2D eigenvalue weighted by Gasteiger charge is -2.36. The summed E-state index contributed by atoms with van der Waals surface area (Å²) in [7, 11) is 0. The molecule has 2 aliphatic carbocycles. The highest BCUT2D eigenvalue weighted by Gasteiger charge is 2.32. The Kier molecular flexibility index (Phi) is 27.9. The number of nitrogens with zero attached hydrogens (tertiary/aromatic N) is 4. The highest BCUT2D eigenvalue weighted by Crippen LogP contribution is 2.43. The smallest absolute Gasteiger partial charge is 0.254 e. The third-order valence-corrected chi connectivity index (χ3v) is 13.8. The molecule has 2 atom stereocenters. The number of hydrogen-bond donors (Lipinski definition) is 3. The van der Waals surface area contributed by atoms with Crippen LogP contribution in [0.1, 0.15) is 102 Å². The van der Waals surface area contributed by atoms with Gasteiger partial charge in [-0.3, -0.25) is 29.0 Å². The van der Waals surface area contributed by atoms with E-state index in [-0.39, 0.29) is 88.6 Å². The van der Waals surface area contributed by atoms with Gasteiger partial charge in [0, 0.05) is 88.0 Å². The highest BCUT2D eigenvalue weighted by atomic mass is 16.5. The van der Waals surface area contributed by atoms with Crippen LogP contribution < -0.4 is 20.9 Å². The van der Waals surface area contributed by atoms with Crippen molar-refractivity contribution in [1.29, 1.82) is 0 Å². The van der Waals surface area contributed by atoms with Crippen LogP contribution in [-0.4, -0.2) is 195 Å². The maximum atomic E-state index is 14.7. The average molecular weight is 1080 g/mol. The summed E-state index contributed by atoms with van der Waals surface area (Å²) in [6, 6.07) is 14.1. The monoisotopic (exact) mass is 1080 g/mol. The number of carbonyl (C=O) groups excluding carboxylic acids is 5. The molecule has 3 aliphatic rings. The molecule has 0 radical (unpaired) electrons. The number of ether oxygens (including phenoxy) is 6. The number of ketones is 1. The van der Waals surface area contributed by atoms with E-state index in [0.717, 1.165) is 60.5 Å². The summed E-state index contributed by atoms with van der Waals surface area (Å²) in [5.41, 5.74) is 9.17. The molecule has 0 aromatic heterocycles. The zero-order valence-electron chi connectivity index (χ0n) is 47.8. The molecule has 78 heavy (non-hydrogen) atoms. The Morgan fingerprint density at radius 1 is 0.692 bits per heavy atom. The average Bonchev–Trinajstić information content (AvgIpc) is 3.53. The summed E-state index contributed by atoms with van der Waals surface area (Å²) in [6.45, 7) is 23.4. The van der Waals surface area contributed by atoms with E-state index in [2.05, 4.69) is 98.8 Å². The van der Waals surface area contributed by atoms with Gasteiger partial charge in [-0.1, -0.05) is 65.0 Å². The van der Waals surface area contributed by atoms with Crippen LogP contribution in [0.25, 0.3) is 5.57 Å². The maximum Gasteiger partial charge on any atom is 0.254 e. The summed E-state index contributed by atoms with van der Waals surface area (Å²) < 4.78 is 33.1. The summed E-state index contributed by atoms with van der Waals surface area (Å²) in [4.78, 5) is 77.7. The van der Waals surface area contributed by atoms with Crippen LogP contribution in [-0.2, 0) is 54.0 Å². The molecule has 1 heterocycles. The number of nitrogens with one attached hydrogen (secondary N) is 3. The SMILES string of the molecule is CCC(C)/N=C1\C=CC2=C(c3ccccc3C(=O)N3CCN(C(=O)CC[C@H](NC(=O)COCCOCCOCCNC(C)C)C(=O)NCCOCCOCCOCC(=O)C(C)C)CC3)c3ccc(N(CC)CC)cc3CC2=C1. The summed E-state index contributed by atoms with van der Waals surface area (Å²) in [5.74, 6) is -1.30. The van der Waals surface area contributed by atoms with Gasteiger partial charge >= 0.3 is 0 Å². The zero-order valence-corrected chi connectivity index (χ0v) is 47.8. The number of Topliss-reactive ketones (excluding diaryl/α,β-unsaturated/α-hetero) is 1. The molecule has 2 aromatic rings. The van der Waals surface area contributed by atoms with Crippen molar-refractivity contribution in [3.8, 4) is 0 Å². The second-order valence-corrected chi connectivity index (χ2v) is 20.2. The number of amides is 4. The van der Waals surface area contributed by atoms with Gasteiger partial charge < -0.3 is 59.1 Å². The number of benzene rings is 2. The molecule has 0 bridgehead atoms. The van der Waals surface area contributed by atoms with Crippen LogP contribution >= 0.6 is 0 Å². The van der Waals surface area contributed by atoms with Gasteiger partial charge in [0.05, 0.1) is 71.8 Å². The van der Waals surface area contributed by atoms with E-state index >= 15 is 0 Å². The molecule has 0 spiro atoms. The topological polar surface area (TPSA) is 199 Å². The largest absolute Gasteiger partial charge is 0.378 e. The number of hydrogen-bond acceptors (Lipinski definition) is 14. The number of carbonyl (C=O) groups is 5. The first-order chi connectivity index (χ1) is 37.7. The Balaban J connectivity index is 1.17. The molecule has 1 unspecified atom stereocenters. The molecule has 5 rings (SSSR count). The highest BCUT2D eigenvalue weighted by molar-refractivity contribution is 6.10. The first-order valence-electron chi connectivity index (χ1n) is 28.3. The van der Waals surface area contributed by atoms with Crippen molar-refractivity contribution in [3.05, 3.63) is 94.1 Å². The molecular formula is C60H89N7O11. The molecule has 3 N–H and O–H groups in total. The lowest BCUT2D eigenvalue weighted by atomic mass is 9.76. The van der Waals surface area contributed by atoms with Crippen LogP contribution in [0, 0.1) is 5.92 Å². The Labute approximate surface area is 463 Å². The number of rotatable bonds is 36. The first kappa shape index (κ1) is 63.2. The van der Waals surface area contributed by atoms with Gasteiger partial charge in [0.1, 0.15) is 19.3 Å². The van der Waals surface area contributed by atoms with Crippen LogP contribution in [0.15, 0.2) is 76.8 Å². The Hall–Kier alpha value is -5.60. The number of fused-ring (bicyclic) bond motifs is 2. The Morgan fingerprint density at radius 2 is 1.31 bits per heavy atom. The van der Waals surface area contributed by atoms with Gasteiger partial charge in [0.25, 0.3) is 5.91 Å². The Bertz CT molecular complexity index is 2370. The van der Waals surface area contributed by atoms with Gasteiger partial charge in [-0.05, 0) is 104 Å². The van der Waals surface area contributed by atoms with E-state index in [1.807, 2.05) is 43.0 Å². The lowest BCUT2D eigenvalue weighted by Crippen LogP contribution is -2.52. The third-order valence-electron chi connectivity index (χ3n) is 13.8. The predicted molar refractivity (Wildman–Crippen MR) is 305 cm³/mol. The predicted octanol–water partition coefficient (Wildman–Crippen LogP) is 5.61. The van der Waals surface area contributed by atoms with E-state index in [0.29, 0.717) is 77.4 Å². The van der Waals surface area contributed by atoms with Crippen LogP contribution in [0.3, 0.4) is 0 Å². The molecule has 18 nitrogen and oxygen atoms in total. The van der Waals surface area contributed by atoms with Gasteiger partial charge in [-0.15, -0.1) is 0 Å². The van der Waals surface area contributed by atoms with Crippen molar-refractivity contribution in [2.24, 2.45) is 10.9 Å². The summed E-state index contributed by atoms with van der Waals surface area (Å²) in [5, 5.41) is 8.85. The fourth-order valence-electron chi connectivity index (χ4n) is 9.11. The maximum absolute atomic E-state index is 14.7. The normalized spacial score (nSPS) is 15.6. The lowest BCUT2D eigenvalue weighted by molar-refractivity contribution is -0.135. The fraction of sp³-hybridized carbons (Fsp3) is 0.600. The fourth-order valence-corrected chi connectivity index (χ4v) is 9.11. The second-order valence-electron chi connectivity index (χ2n) is 20.2. The van der Waals surface area contributed by atoms with E-state index < -0.39 is 17.9 Å². The quantitative estimate of drug-likeness (QED) is 0.0713. The van der Waals surface area contributed by atoms with Crippen molar-refractivity contribution in [1.82, 2.24) is 25.8 Å². The van der Waals surface area contributed by atoms with Gasteiger partial charge in [0.15, 0.2) is 5.78 Å². The van der Waals surface area contributed by atoms with E-state index in [9.17, 15) is 24.0 Å². The second kappa shape index (κ2) is 34.4. The first-order valence-corrected chi connectivity index (χ1v) is 28.3. The minimum atomic E-state index is -1.02. The molecule has 18 heteroatoms. The van der Waals surface area contributed by atoms with E-state index in [1.165, 1.54) is 16.8 Å². The van der Waals surface area contributed by atoms with Crippen molar-refractivity contribution in [3.63, 3.8) is 0 Å².